The third kappa shape index (κ3) is 2.77. The molecule has 2 aromatic rings. The number of carbonyl (C=O) groups excluding carboxylic acids is 1. The molecule has 1 atom stereocenters. The highest BCUT2D eigenvalue weighted by molar-refractivity contribution is 5.94. The number of carbonyl (C=O) groups is 1. The Morgan fingerprint density at radius 2 is 2.14 bits per heavy atom. The first kappa shape index (κ1) is 13.7. The molecule has 3 heterocycles. The van der Waals surface area contributed by atoms with E-state index in [1.165, 1.54) is 6.20 Å². The molecule has 0 aromatic carbocycles. The third-order valence-corrected chi connectivity index (χ3v) is 3.93. The highest BCUT2D eigenvalue weighted by Crippen LogP contribution is 2.31. The number of aromatic nitrogens is 1. The maximum absolute atomic E-state index is 12.7. The molecule has 1 aliphatic rings. The minimum atomic E-state index is -0.343. The van der Waals surface area contributed by atoms with Crippen LogP contribution >= 0.6 is 0 Å². The van der Waals surface area contributed by atoms with E-state index in [0.717, 1.165) is 31.4 Å². The van der Waals surface area contributed by atoms with Crippen molar-refractivity contribution in [2.24, 2.45) is 0 Å². The minimum absolute atomic E-state index is 0.0883. The molecule has 0 saturated carbocycles. The van der Waals surface area contributed by atoms with E-state index in [4.69, 9.17) is 4.42 Å². The number of pyridine rings is 1. The maximum atomic E-state index is 12.7. The molecule has 1 fully saturated rings. The SMILES string of the molecule is O=C(c1ccc[nH]c1=O)N1CCCCC[C@H]1c1ccco1. The van der Waals surface area contributed by atoms with Crippen molar-refractivity contribution in [2.45, 2.75) is 31.7 Å². The van der Waals surface area contributed by atoms with Crippen molar-refractivity contribution >= 4 is 5.91 Å². The number of aromatic amines is 1. The second-order valence-electron chi connectivity index (χ2n) is 5.29. The molecular weight excluding hydrogens is 268 g/mol. The van der Waals surface area contributed by atoms with Gasteiger partial charge < -0.3 is 14.3 Å². The van der Waals surface area contributed by atoms with E-state index in [-0.39, 0.29) is 23.1 Å². The van der Waals surface area contributed by atoms with Crippen molar-refractivity contribution in [3.05, 3.63) is 58.4 Å². The number of furan rings is 1. The summed E-state index contributed by atoms with van der Waals surface area (Å²) in [4.78, 5) is 28.9. The van der Waals surface area contributed by atoms with E-state index in [9.17, 15) is 9.59 Å². The Kier molecular flexibility index (Phi) is 3.90. The van der Waals surface area contributed by atoms with Gasteiger partial charge in [-0.05, 0) is 37.1 Å². The number of H-pyrrole nitrogens is 1. The van der Waals surface area contributed by atoms with Crippen LogP contribution in [-0.4, -0.2) is 22.3 Å². The van der Waals surface area contributed by atoms with Crippen molar-refractivity contribution in [1.82, 2.24) is 9.88 Å². The van der Waals surface area contributed by atoms with Crippen LogP contribution in [0, 0.1) is 0 Å². The number of hydrogen-bond acceptors (Lipinski definition) is 3. The summed E-state index contributed by atoms with van der Waals surface area (Å²) in [6, 6.07) is 6.89. The minimum Gasteiger partial charge on any atom is -0.467 e. The zero-order chi connectivity index (χ0) is 14.7. The molecule has 2 aromatic heterocycles. The number of hydrogen-bond donors (Lipinski definition) is 1. The summed E-state index contributed by atoms with van der Waals surface area (Å²) in [6.45, 7) is 0.651. The van der Waals surface area contributed by atoms with Crippen LogP contribution in [0.25, 0.3) is 0 Å². The number of nitrogens with zero attached hydrogens (tertiary/aromatic N) is 1. The molecule has 0 aliphatic carbocycles. The molecule has 0 unspecified atom stereocenters. The van der Waals surface area contributed by atoms with E-state index in [1.807, 2.05) is 12.1 Å². The van der Waals surface area contributed by atoms with Crippen LogP contribution in [0.2, 0.25) is 0 Å². The summed E-state index contributed by atoms with van der Waals surface area (Å²) in [5, 5.41) is 0. The standard InChI is InChI=1S/C16H18N2O3/c19-15-12(6-4-9-17-15)16(20)18-10-3-1-2-7-13(18)14-8-5-11-21-14/h4-6,8-9,11,13H,1-3,7,10H2,(H,17,19)/t13-/m0/s1. The number of rotatable bonds is 2. The highest BCUT2D eigenvalue weighted by Gasteiger charge is 2.30. The van der Waals surface area contributed by atoms with Crippen LogP contribution in [0.5, 0.6) is 0 Å². The van der Waals surface area contributed by atoms with Gasteiger partial charge in [0.1, 0.15) is 11.3 Å². The van der Waals surface area contributed by atoms with Crippen molar-refractivity contribution in [3.8, 4) is 0 Å². The molecule has 0 spiro atoms. The molecular formula is C16H18N2O3. The zero-order valence-electron chi connectivity index (χ0n) is 11.7. The number of nitrogens with one attached hydrogen (secondary N) is 1. The average Bonchev–Trinajstić information content (AvgIpc) is 2.91. The molecule has 1 amide bonds. The Labute approximate surface area is 122 Å². The lowest BCUT2D eigenvalue weighted by atomic mass is 10.1. The van der Waals surface area contributed by atoms with Gasteiger partial charge in [-0.3, -0.25) is 9.59 Å². The Morgan fingerprint density at radius 3 is 2.90 bits per heavy atom. The predicted molar refractivity (Wildman–Crippen MR) is 78.0 cm³/mol. The van der Waals surface area contributed by atoms with Gasteiger partial charge in [-0.2, -0.15) is 0 Å². The van der Waals surface area contributed by atoms with E-state index in [0.29, 0.717) is 6.54 Å². The van der Waals surface area contributed by atoms with Crippen LogP contribution < -0.4 is 5.56 Å². The monoisotopic (exact) mass is 286 g/mol. The van der Waals surface area contributed by atoms with E-state index >= 15 is 0 Å². The van der Waals surface area contributed by atoms with Crippen LogP contribution in [0.1, 0.15) is 47.8 Å². The maximum Gasteiger partial charge on any atom is 0.260 e. The summed E-state index contributed by atoms with van der Waals surface area (Å²) in [7, 11) is 0. The molecule has 1 N–H and O–H groups in total. The fraction of sp³-hybridized carbons (Fsp3) is 0.375. The Morgan fingerprint density at radius 1 is 1.24 bits per heavy atom. The van der Waals surface area contributed by atoms with E-state index in [1.54, 1.807) is 23.3 Å². The molecule has 0 radical (unpaired) electrons. The summed E-state index contributed by atoms with van der Waals surface area (Å²) < 4.78 is 5.50. The summed E-state index contributed by atoms with van der Waals surface area (Å²) in [6.07, 6.45) is 7.12. The lowest BCUT2D eigenvalue weighted by Crippen LogP contribution is -2.37. The van der Waals surface area contributed by atoms with Crippen molar-refractivity contribution in [1.29, 1.82) is 0 Å². The van der Waals surface area contributed by atoms with E-state index in [2.05, 4.69) is 4.98 Å². The van der Waals surface area contributed by atoms with E-state index < -0.39 is 0 Å². The summed E-state index contributed by atoms with van der Waals surface area (Å²) in [5.74, 6) is 0.567. The van der Waals surface area contributed by atoms with Crippen molar-refractivity contribution in [3.63, 3.8) is 0 Å². The van der Waals surface area contributed by atoms with Gasteiger partial charge in [0.25, 0.3) is 11.5 Å². The van der Waals surface area contributed by atoms with Gasteiger partial charge in [0.15, 0.2) is 0 Å². The largest absolute Gasteiger partial charge is 0.467 e. The van der Waals surface area contributed by atoms with Crippen molar-refractivity contribution in [2.75, 3.05) is 6.54 Å². The number of likely N-dealkylation sites (tertiary alicyclic amines) is 1. The van der Waals surface area contributed by atoms with Crippen LogP contribution in [0.4, 0.5) is 0 Å². The topological polar surface area (TPSA) is 66.3 Å². The highest BCUT2D eigenvalue weighted by atomic mass is 16.3. The Bertz CT molecular complexity index is 660. The smallest absolute Gasteiger partial charge is 0.260 e. The molecule has 5 nitrogen and oxygen atoms in total. The van der Waals surface area contributed by atoms with Gasteiger partial charge in [0, 0.05) is 12.7 Å². The van der Waals surface area contributed by atoms with Gasteiger partial charge >= 0.3 is 0 Å². The fourth-order valence-electron chi connectivity index (χ4n) is 2.87. The molecule has 1 aliphatic heterocycles. The molecule has 0 bridgehead atoms. The van der Waals surface area contributed by atoms with Crippen LogP contribution in [0.15, 0.2) is 45.9 Å². The third-order valence-electron chi connectivity index (χ3n) is 3.93. The molecule has 3 rings (SSSR count). The van der Waals surface area contributed by atoms with Gasteiger partial charge in [-0.25, -0.2) is 0 Å². The lowest BCUT2D eigenvalue weighted by molar-refractivity contribution is 0.0656. The predicted octanol–water partition coefficient (Wildman–Crippen LogP) is 2.73. The number of amides is 1. The van der Waals surface area contributed by atoms with Crippen molar-refractivity contribution < 1.29 is 9.21 Å². The molecule has 21 heavy (non-hydrogen) atoms. The molecule has 5 heteroatoms. The first-order valence-electron chi connectivity index (χ1n) is 7.29. The summed E-state index contributed by atoms with van der Waals surface area (Å²) >= 11 is 0. The van der Waals surface area contributed by atoms with Gasteiger partial charge in [0.2, 0.25) is 0 Å². The quantitative estimate of drug-likeness (QED) is 0.923. The second kappa shape index (κ2) is 5.99. The van der Waals surface area contributed by atoms with Crippen LogP contribution in [0.3, 0.4) is 0 Å². The normalized spacial score (nSPS) is 19.2. The Hall–Kier alpha value is -2.30. The van der Waals surface area contributed by atoms with Gasteiger partial charge in [-0.15, -0.1) is 0 Å². The molecule has 1 saturated heterocycles. The van der Waals surface area contributed by atoms with Gasteiger partial charge in [0.05, 0.1) is 12.3 Å². The molecule has 110 valence electrons. The fourth-order valence-corrected chi connectivity index (χ4v) is 2.87. The average molecular weight is 286 g/mol. The first-order chi connectivity index (χ1) is 10.3. The van der Waals surface area contributed by atoms with Crippen LogP contribution in [-0.2, 0) is 0 Å². The second-order valence-corrected chi connectivity index (χ2v) is 5.29. The lowest BCUT2D eigenvalue weighted by Gasteiger charge is -2.28. The van der Waals surface area contributed by atoms with Gasteiger partial charge in [-0.1, -0.05) is 12.8 Å². The summed E-state index contributed by atoms with van der Waals surface area (Å²) in [5.41, 5.74) is -0.152. The zero-order valence-corrected chi connectivity index (χ0v) is 11.7. The Balaban J connectivity index is 1.95. The first-order valence-corrected chi connectivity index (χ1v) is 7.29.